The quantitative estimate of drug-likeness (QED) is 0.856. The van der Waals surface area contributed by atoms with Crippen molar-refractivity contribution in [1.82, 2.24) is 0 Å². The van der Waals surface area contributed by atoms with Gasteiger partial charge in [-0.2, -0.15) is 11.8 Å². The number of ketones is 2. The average molecular weight is 368 g/mol. The van der Waals surface area contributed by atoms with Gasteiger partial charge in [0.2, 0.25) is 5.91 Å². The molecule has 0 aromatic heterocycles. The van der Waals surface area contributed by atoms with E-state index in [0.29, 0.717) is 28.5 Å². The zero-order valence-electron chi connectivity index (χ0n) is 14.2. The lowest BCUT2D eigenvalue weighted by atomic mass is 9.72. The number of thioether (sulfide) groups is 1. The molecule has 1 aliphatic heterocycles. The van der Waals surface area contributed by atoms with Crippen molar-refractivity contribution >= 4 is 34.9 Å². The number of anilines is 1. The second-order valence-corrected chi connectivity index (χ2v) is 8.28. The number of fused-ring (bicyclic) bond motifs is 2. The summed E-state index contributed by atoms with van der Waals surface area (Å²) >= 11 is 1.81. The van der Waals surface area contributed by atoms with E-state index in [-0.39, 0.29) is 23.0 Å². The normalized spacial score (nSPS) is 27.0. The molecule has 3 unspecified atom stereocenters. The molecule has 0 saturated carbocycles. The molecule has 134 valence electrons. The predicted octanol–water partition coefficient (Wildman–Crippen LogP) is 2.73. The van der Waals surface area contributed by atoms with Crippen LogP contribution in [0.25, 0.3) is 0 Å². The molecule has 5 nitrogen and oxygen atoms in total. The number of allylic oxidation sites excluding steroid dienone is 2. The van der Waals surface area contributed by atoms with Gasteiger partial charge in [-0.25, -0.2) is 0 Å². The van der Waals surface area contributed by atoms with E-state index in [0.717, 1.165) is 18.6 Å². The molecule has 1 saturated heterocycles. The molecule has 3 atom stereocenters. The van der Waals surface area contributed by atoms with Crippen LogP contribution in [-0.4, -0.2) is 34.5 Å². The molecule has 0 spiro atoms. The molecule has 3 aliphatic rings. The van der Waals surface area contributed by atoms with Crippen molar-refractivity contribution in [3.8, 4) is 0 Å². The Balaban J connectivity index is 1.66. The van der Waals surface area contributed by atoms with Crippen LogP contribution >= 0.6 is 11.8 Å². The van der Waals surface area contributed by atoms with Gasteiger partial charge in [0.1, 0.15) is 0 Å². The average Bonchev–Trinajstić information content (AvgIpc) is 3.12. The molecule has 1 aromatic carbocycles. The van der Waals surface area contributed by atoms with Crippen molar-refractivity contribution in [2.75, 3.05) is 11.1 Å². The van der Waals surface area contributed by atoms with Crippen LogP contribution in [0.1, 0.15) is 40.0 Å². The van der Waals surface area contributed by atoms with Gasteiger partial charge in [0, 0.05) is 28.8 Å². The Morgan fingerprint density at radius 2 is 2.15 bits per heavy atom. The predicted molar refractivity (Wildman–Crippen MR) is 103 cm³/mol. The fraction of sp³-hybridized carbons (Fsp3) is 0.350. The maximum atomic E-state index is 13.0. The number of hydrogen-bond acceptors (Lipinski definition) is 5. The molecular weight excluding hydrogens is 348 g/mol. The van der Waals surface area contributed by atoms with E-state index >= 15 is 0 Å². The van der Waals surface area contributed by atoms with E-state index in [4.69, 9.17) is 5.73 Å². The molecule has 0 radical (unpaired) electrons. The van der Waals surface area contributed by atoms with Gasteiger partial charge in [0.05, 0.1) is 17.2 Å². The Hall–Kier alpha value is -2.18. The van der Waals surface area contributed by atoms with Gasteiger partial charge in [0.25, 0.3) is 0 Å². The minimum Gasteiger partial charge on any atom is -0.325 e. The number of nitrogens with one attached hydrogen (secondary N) is 1. The topological polar surface area (TPSA) is 89.3 Å². The molecule has 1 fully saturated rings. The van der Waals surface area contributed by atoms with Gasteiger partial charge in [-0.3, -0.25) is 14.4 Å². The number of rotatable bonds is 3. The van der Waals surface area contributed by atoms with E-state index in [1.54, 1.807) is 36.4 Å². The maximum absolute atomic E-state index is 13.0. The monoisotopic (exact) mass is 368 g/mol. The highest BCUT2D eigenvalue weighted by molar-refractivity contribution is 8.00. The van der Waals surface area contributed by atoms with Crippen LogP contribution < -0.4 is 11.1 Å². The van der Waals surface area contributed by atoms with Crippen LogP contribution in [0.15, 0.2) is 42.0 Å². The van der Waals surface area contributed by atoms with Gasteiger partial charge < -0.3 is 11.1 Å². The summed E-state index contributed by atoms with van der Waals surface area (Å²) in [6, 6.07) is 4.52. The van der Waals surface area contributed by atoms with Crippen molar-refractivity contribution in [2.45, 2.75) is 30.6 Å². The molecular formula is C20H20N2O3S. The maximum Gasteiger partial charge on any atom is 0.225 e. The van der Waals surface area contributed by atoms with Crippen LogP contribution in [-0.2, 0) is 4.79 Å². The minimum atomic E-state index is -0.638. The Bertz CT molecular complexity index is 853. The van der Waals surface area contributed by atoms with Crippen LogP contribution in [0.2, 0.25) is 0 Å². The third-order valence-corrected chi connectivity index (χ3v) is 6.54. The Labute approximate surface area is 156 Å². The third kappa shape index (κ3) is 2.93. The molecule has 1 heterocycles. The van der Waals surface area contributed by atoms with Crippen LogP contribution in [0.3, 0.4) is 0 Å². The molecule has 4 rings (SSSR count). The van der Waals surface area contributed by atoms with Gasteiger partial charge >= 0.3 is 0 Å². The third-order valence-electron chi connectivity index (χ3n) is 5.14. The van der Waals surface area contributed by atoms with Crippen molar-refractivity contribution in [3.05, 3.63) is 53.1 Å². The number of amides is 1. The molecule has 1 amide bonds. The fourth-order valence-corrected chi connectivity index (χ4v) is 5.14. The van der Waals surface area contributed by atoms with Crippen LogP contribution in [0.5, 0.6) is 0 Å². The van der Waals surface area contributed by atoms with E-state index < -0.39 is 12.0 Å². The van der Waals surface area contributed by atoms with Gasteiger partial charge in [-0.05, 0) is 24.7 Å². The van der Waals surface area contributed by atoms with Gasteiger partial charge in [-0.1, -0.05) is 30.4 Å². The number of nitrogens with two attached hydrogens (primary N) is 1. The Morgan fingerprint density at radius 1 is 1.31 bits per heavy atom. The van der Waals surface area contributed by atoms with Gasteiger partial charge in [-0.15, -0.1) is 0 Å². The number of Topliss-reactive ketones (excluding diaryl/α,β-unsaturated/α-hetero) is 2. The van der Waals surface area contributed by atoms with Gasteiger partial charge in [0.15, 0.2) is 11.6 Å². The van der Waals surface area contributed by atoms with Crippen molar-refractivity contribution in [3.63, 3.8) is 0 Å². The standard InChI is InChI=1S/C20H20N2O3S/c21-14-7-1-5-12-17(14)19(24)13-6-2-8-15(18(13)20(12)25)22-16(23)10-11-4-3-9-26-11/h1-2,5-8,11,14,17H,3-4,9-10,21H2,(H,22,23). The molecule has 3 N–H and O–H groups in total. The first-order chi connectivity index (χ1) is 12.6. The number of carbonyl (C=O) groups is 3. The number of benzene rings is 1. The first-order valence-electron chi connectivity index (χ1n) is 8.83. The van der Waals surface area contributed by atoms with E-state index in [1.165, 1.54) is 0 Å². The largest absolute Gasteiger partial charge is 0.325 e. The summed E-state index contributed by atoms with van der Waals surface area (Å²) in [4.78, 5) is 38.3. The lowest BCUT2D eigenvalue weighted by Crippen LogP contribution is -2.42. The molecule has 1 aromatic rings. The highest BCUT2D eigenvalue weighted by Gasteiger charge is 2.41. The summed E-state index contributed by atoms with van der Waals surface area (Å²) < 4.78 is 0. The zero-order valence-corrected chi connectivity index (χ0v) is 15.1. The van der Waals surface area contributed by atoms with Crippen LogP contribution in [0, 0.1) is 5.92 Å². The first-order valence-corrected chi connectivity index (χ1v) is 9.88. The molecule has 0 bridgehead atoms. The summed E-state index contributed by atoms with van der Waals surface area (Å²) in [5.41, 5.74) is 7.49. The molecule has 2 aliphatic carbocycles. The van der Waals surface area contributed by atoms with Crippen molar-refractivity contribution in [1.29, 1.82) is 0 Å². The summed E-state index contributed by atoms with van der Waals surface area (Å²) in [5, 5.41) is 3.19. The van der Waals surface area contributed by atoms with E-state index in [9.17, 15) is 14.4 Å². The smallest absolute Gasteiger partial charge is 0.225 e. The Kier molecular flexibility index (Phi) is 4.54. The fourth-order valence-electron chi connectivity index (χ4n) is 3.87. The second kappa shape index (κ2) is 6.85. The Morgan fingerprint density at radius 3 is 2.92 bits per heavy atom. The molecule has 6 heteroatoms. The number of carbonyl (C=O) groups excluding carboxylic acids is 3. The van der Waals surface area contributed by atoms with E-state index in [1.807, 2.05) is 11.8 Å². The van der Waals surface area contributed by atoms with Crippen molar-refractivity contribution < 1.29 is 14.4 Å². The highest BCUT2D eigenvalue weighted by atomic mass is 32.2. The van der Waals surface area contributed by atoms with Crippen molar-refractivity contribution in [2.24, 2.45) is 11.7 Å². The summed E-state index contributed by atoms with van der Waals surface area (Å²) in [5.74, 6) is -0.0504. The molecule has 26 heavy (non-hydrogen) atoms. The lowest BCUT2D eigenvalue weighted by Gasteiger charge is -2.31. The number of hydrogen-bond donors (Lipinski definition) is 2. The first kappa shape index (κ1) is 17.2. The zero-order chi connectivity index (χ0) is 18.3. The summed E-state index contributed by atoms with van der Waals surface area (Å²) in [7, 11) is 0. The van der Waals surface area contributed by atoms with E-state index in [2.05, 4.69) is 5.32 Å². The van der Waals surface area contributed by atoms with Crippen LogP contribution in [0.4, 0.5) is 5.69 Å². The SMILES string of the molecule is NC1C=CC=C2C(=O)c3c(NC(=O)CC4CCCS4)cccc3C(=O)C21. The summed E-state index contributed by atoms with van der Waals surface area (Å²) in [6.07, 6.45) is 7.71. The highest BCUT2D eigenvalue weighted by Crippen LogP contribution is 2.37. The summed E-state index contributed by atoms with van der Waals surface area (Å²) in [6.45, 7) is 0. The minimum absolute atomic E-state index is 0.116. The second-order valence-electron chi connectivity index (χ2n) is 6.87. The lowest BCUT2D eigenvalue weighted by molar-refractivity contribution is -0.116.